The molecule has 2 heterocycles. The van der Waals surface area contributed by atoms with Crippen molar-refractivity contribution >= 4 is 16.9 Å². The number of aromatic nitrogens is 3. The van der Waals surface area contributed by atoms with E-state index in [2.05, 4.69) is 65.8 Å². The van der Waals surface area contributed by atoms with E-state index in [1.54, 1.807) is 0 Å². The first-order chi connectivity index (χ1) is 17.1. The van der Waals surface area contributed by atoms with Gasteiger partial charge in [0, 0.05) is 17.7 Å². The van der Waals surface area contributed by atoms with E-state index >= 15 is 0 Å². The predicted molar refractivity (Wildman–Crippen MR) is 141 cm³/mol. The average Bonchev–Trinajstić information content (AvgIpc) is 3.33. The molecule has 0 spiro atoms. The van der Waals surface area contributed by atoms with Gasteiger partial charge in [-0.1, -0.05) is 91.3 Å². The number of aryl methyl sites for hydroxylation is 2. The summed E-state index contributed by atoms with van der Waals surface area (Å²) in [4.78, 5) is 18.3. The van der Waals surface area contributed by atoms with Crippen LogP contribution in [0, 0.1) is 6.92 Å². The van der Waals surface area contributed by atoms with Crippen molar-refractivity contribution in [1.82, 2.24) is 20.5 Å². The quantitative estimate of drug-likeness (QED) is 0.307. The Labute approximate surface area is 205 Å². The molecule has 0 aliphatic heterocycles. The third-order valence-corrected chi connectivity index (χ3v) is 6.31. The predicted octanol–water partition coefficient (Wildman–Crippen LogP) is 6.14. The van der Waals surface area contributed by atoms with Crippen LogP contribution in [0.15, 0.2) is 84.9 Å². The first kappa shape index (κ1) is 22.5. The molecule has 0 aliphatic rings. The van der Waals surface area contributed by atoms with Gasteiger partial charge >= 0.3 is 0 Å². The second-order valence-corrected chi connectivity index (χ2v) is 8.76. The number of fused-ring (bicyclic) bond motifs is 1. The zero-order valence-corrected chi connectivity index (χ0v) is 20.0. The van der Waals surface area contributed by atoms with E-state index in [0.29, 0.717) is 17.8 Å². The number of carbonyl (C=O) groups is 1. The smallest absolute Gasteiger partial charge is 0.252 e. The van der Waals surface area contributed by atoms with Crippen molar-refractivity contribution in [3.05, 3.63) is 107 Å². The topological polar surface area (TPSA) is 70.7 Å². The molecule has 0 radical (unpaired) electrons. The van der Waals surface area contributed by atoms with Crippen LogP contribution in [-0.2, 0) is 12.8 Å². The lowest BCUT2D eigenvalue weighted by atomic mass is 10.0. The highest BCUT2D eigenvalue weighted by Crippen LogP contribution is 2.31. The van der Waals surface area contributed by atoms with Crippen molar-refractivity contribution in [3.8, 4) is 22.5 Å². The molecule has 0 bridgehead atoms. The lowest BCUT2D eigenvalue weighted by Gasteiger charge is -2.10. The van der Waals surface area contributed by atoms with Gasteiger partial charge < -0.3 is 5.32 Å². The summed E-state index contributed by atoms with van der Waals surface area (Å²) in [7, 11) is 0. The fourth-order valence-electron chi connectivity index (χ4n) is 4.25. The summed E-state index contributed by atoms with van der Waals surface area (Å²) in [6, 6.07) is 28.5. The summed E-state index contributed by atoms with van der Waals surface area (Å²) in [6.07, 6.45) is 1.74. The molecule has 0 atom stereocenters. The minimum Gasteiger partial charge on any atom is -0.352 e. The Morgan fingerprint density at radius 2 is 1.60 bits per heavy atom. The summed E-state index contributed by atoms with van der Waals surface area (Å²) in [5.41, 5.74) is 8.19. The molecule has 0 saturated heterocycles. The number of hydrogen-bond acceptors (Lipinski definition) is 3. The van der Waals surface area contributed by atoms with Gasteiger partial charge in [0.15, 0.2) is 5.65 Å². The van der Waals surface area contributed by atoms with Crippen molar-refractivity contribution in [2.45, 2.75) is 26.7 Å². The summed E-state index contributed by atoms with van der Waals surface area (Å²) >= 11 is 0. The molecule has 1 amide bonds. The van der Waals surface area contributed by atoms with Crippen molar-refractivity contribution in [1.29, 1.82) is 0 Å². The van der Waals surface area contributed by atoms with Gasteiger partial charge in [0.1, 0.15) is 0 Å². The monoisotopic (exact) mass is 460 g/mol. The third-order valence-electron chi connectivity index (χ3n) is 6.31. The molecule has 0 saturated carbocycles. The number of pyridine rings is 1. The molecular weight excluding hydrogens is 432 g/mol. The minimum absolute atomic E-state index is 0.130. The van der Waals surface area contributed by atoms with Gasteiger partial charge in [-0.3, -0.25) is 9.89 Å². The van der Waals surface area contributed by atoms with Crippen LogP contribution < -0.4 is 5.32 Å². The van der Waals surface area contributed by atoms with Gasteiger partial charge in [-0.2, -0.15) is 5.10 Å². The maximum Gasteiger partial charge on any atom is 0.252 e. The SMILES string of the molecule is CCc1ccc(-c2[nH]nc3nc(-c4ccc(C)cc4)cc(C(=O)NCCc4ccccc4)c23)cc1. The number of aromatic amines is 1. The van der Waals surface area contributed by atoms with E-state index in [-0.39, 0.29) is 5.91 Å². The number of rotatable bonds is 7. The largest absolute Gasteiger partial charge is 0.352 e. The van der Waals surface area contributed by atoms with Crippen LogP contribution in [0.2, 0.25) is 0 Å². The zero-order valence-electron chi connectivity index (χ0n) is 20.0. The Balaban J connectivity index is 1.55. The van der Waals surface area contributed by atoms with Crippen molar-refractivity contribution in [3.63, 3.8) is 0 Å². The van der Waals surface area contributed by atoms with Gasteiger partial charge in [-0.05, 0) is 37.0 Å². The minimum atomic E-state index is -0.130. The molecule has 3 aromatic carbocycles. The van der Waals surface area contributed by atoms with Crippen molar-refractivity contribution in [2.24, 2.45) is 0 Å². The summed E-state index contributed by atoms with van der Waals surface area (Å²) in [5, 5.41) is 11.5. The molecule has 5 heteroatoms. The maximum atomic E-state index is 13.5. The van der Waals surface area contributed by atoms with E-state index < -0.39 is 0 Å². The lowest BCUT2D eigenvalue weighted by Crippen LogP contribution is -2.26. The molecule has 174 valence electrons. The molecular formula is C30H28N4O. The molecule has 5 nitrogen and oxygen atoms in total. The molecule has 5 aromatic rings. The van der Waals surface area contributed by atoms with Crippen molar-refractivity contribution in [2.75, 3.05) is 6.54 Å². The maximum absolute atomic E-state index is 13.5. The van der Waals surface area contributed by atoms with Gasteiger partial charge in [0.2, 0.25) is 0 Å². The Bertz CT molecular complexity index is 1450. The standard InChI is InChI=1S/C30H28N4O/c1-3-21-11-15-24(16-12-21)28-27-25(30(35)31-18-17-22-7-5-4-6-8-22)19-26(32-29(27)34-33-28)23-13-9-20(2)10-14-23/h4-16,19H,3,17-18H2,1-2H3,(H,31,35)(H,32,33,34). The van der Waals surface area contributed by atoms with Crippen LogP contribution in [0.25, 0.3) is 33.5 Å². The number of nitrogens with one attached hydrogen (secondary N) is 2. The second-order valence-electron chi connectivity index (χ2n) is 8.76. The zero-order chi connectivity index (χ0) is 24.2. The molecule has 35 heavy (non-hydrogen) atoms. The highest BCUT2D eigenvalue weighted by Gasteiger charge is 2.20. The fraction of sp³-hybridized carbons (Fsp3) is 0.167. The molecule has 0 unspecified atom stereocenters. The van der Waals surface area contributed by atoms with Crippen LogP contribution in [0.3, 0.4) is 0 Å². The average molecular weight is 461 g/mol. The van der Waals surface area contributed by atoms with Crippen LogP contribution in [0.4, 0.5) is 0 Å². The number of amides is 1. The molecule has 5 rings (SSSR count). The third kappa shape index (κ3) is 4.85. The highest BCUT2D eigenvalue weighted by molar-refractivity contribution is 6.11. The number of H-pyrrole nitrogens is 1. The highest BCUT2D eigenvalue weighted by atomic mass is 16.1. The molecule has 0 aliphatic carbocycles. The molecule has 2 aromatic heterocycles. The second kappa shape index (κ2) is 9.94. The van der Waals surface area contributed by atoms with E-state index in [0.717, 1.165) is 40.7 Å². The Morgan fingerprint density at radius 1 is 0.886 bits per heavy atom. The van der Waals surface area contributed by atoms with Gasteiger partial charge in [-0.25, -0.2) is 4.98 Å². The summed E-state index contributed by atoms with van der Waals surface area (Å²) in [5.74, 6) is -0.130. The summed E-state index contributed by atoms with van der Waals surface area (Å²) < 4.78 is 0. The van der Waals surface area contributed by atoms with Crippen LogP contribution in [0.1, 0.15) is 34.0 Å². The van der Waals surface area contributed by atoms with E-state index in [9.17, 15) is 4.79 Å². The van der Waals surface area contributed by atoms with Gasteiger partial charge in [-0.15, -0.1) is 0 Å². The lowest BCUT2D eigenvalue weighted by molar-refractivity contribution is 0.0955. The number of hydrogen-bond donors (Lipinski definition) is 2. The van der Waals surface area contributed by atoms with Crippen LogP contribution in [-0.4, -0.2) is 27.6 Å². The van der Waals surface area contributed by atoms with E-state index in [1.165, 1.54) is 16.7 Å². The number of carbonyl (C=O) groups excluding carboxylic acids is 1. The van der Waals surface area contributed by atoms with Crippen LogP contribution >= 0.6 is 0 Å². The van der Waals surface area contributed by atoms with Crippen molar-refractivity contribution < 1.29 is 4.79 Å². The first-order valence-electron chi connectivity index (χ1n) is 12.0. The van der Waals surface area contributed by atoms with Gasteiger partial charge in [0.05, 0.1) is 22.3 Å². The van der Waals surface area contributed by atoms with E-state index in [4.69, 9.17) is 4.98 Å². The molecule has 2 N–H and O–H groups in total. The Hall–Kier alpha value is -4.25. The summed E-state index contributed by atoms with van der Waals surface area (Å²) in [6.45, 7) is 4.73. The van der Waals surface area contributed by atoms with E-state index in [1.807, 2.05) is 48.5 Å². The Morgan fingerprint density at radius 3 is 2.31 bits per heavy atom. The number of nitrogens with zero attached hydrogens (tertiary/aromatic N) is 2. The number of benzene rings is 3. The van der Waals surface area contributed by atoms with Gasteiger partial charge in [0.25, 0.3) is 5.91 Å². The Kier molecular flexibility index (Phi) is 6.40. The first-order valence-corrected chi connectivity index (χ1v) is 12.0. The van der Waals surface area contributed by atoms with Crippen LogP contribution in [0.5, 0.6) is 0 Å². The fourth-order valence-corrected chi connectivity index (χ4v) is 4.25. The molecule has 0 fully saturated rings. The normalized spacial score (nSPS) is 11.0.